The third kappa shape index (κ3) is 2.70. The van der Waals surface area contributed by atoms with Crippen LogP contribution in [0.4, 0.5) is 4.39 Å². The van der Waals surface area contributed by atoms with Gasteiger partial charge in [0.05, 0.1) is 17.2 Å². The molecule has 0 bridgehead atoms. The van der Waals surface area contributed by atoms with Gasteiger partial charge in [-0.2, -0.15) is 0 Å². The van der Waals surface area contributed by atoms with Gasteiger partial charge >= 0.3 is 0 Å². The van der Waals surface area contributed by atoms with E-state index in [1.54, 1.807) is 0 Å². The van der Waals surface area contributed by atoms with E-state index < -0.39 is 0 Å². The largest absolute Gasteiger partial charge is 0.359 e. The normalized spacial score (nSPS) is 16.4. The van der Waals surface area contributed by atoms with E-state index in [-0.39, 0.29) is 5.82 Å². The van der Waals surface area contributed by atoms with Crippen molar-refractivity contribution in [1.82, 2.24) is 15.3 Å². The fraction of sp³-hybridized carbons (Fsp3) is 0.462. The van der Waals surface area contributed by atoms with Crippen molar-refractivity contribution in [3.8, 4) is 0 Å². The van der Waals surface area contributed by atoms with Crippen molar-refractivity contribution in [3.63, 3.8) is 0 Å². The number of piperidine rings is 1. The van der Waals surface area contributed by atoms with Gasteiger partial charge in [-0.25, -0.2) is 4.39 Å². The Labute approximate surface area is 109 Å². The average Bonchev–Trinajstić information content (AvgIpc) is 2.85. The number of hydrogen-bond acceptors (Lipinski definition) is 2. The molecule has 2 aromatic heterocycles. The molecule has 3 nitrogen and oxygen atoms in total. The molecule has 2 N–H and O–H groups in total. The molecule has 1 fully saturated rings. The topological polar surface area (TPSA) is 40.7 Å². The Morgan fingerprint density at radius 2 is 2.06 bits per heavy atom. The zero-order valence-corrected chi connectivity index (χ0v) is 11.7. The van der Waals surface area contributed by atoms with Gasteiger partial charge in [-0.05, 0) is 37.4 Å². The predicted octanol–water partition coefficient (Wildman–Crippen LogP) is 2.66. The summed E-state index contributed by atoms with van der Waals surface area (Å²) in [7, 11) is 2.42. The van der Waals surface area contributed by atoms with Crippen molar-refractivity contribution in [2.24, 2.45) is 0 Å². The van der Waals surface area contributed by atoms with Crippen molar-refractivity contribution in [1.29, 1.82) is 0 Å². The maximum absolute atomic E-state index is 13.0. The molecule has 1 aliphatic heterocycles. The van der Waals surface area contributed by atoms with Crippen LogP contribution in [0, 0.1) is 5.82 Å². The fourth-order valence-electron chi connectivity index (χ4n) is 2.45. The number of aromatic nitrogens is 2. The van der Waals surface area contributed by atoms with Gasteiger partial charge in [-0.3, -0.25) is 4.98 Å². The van der Waals surface area contributed by atoms with E-state index in [1.165, 1.54) is 17.8 Å². The highest BCUT2D eigenvalue weighted by Gasteiger charge is 2.19. The Balaban J connectivity index is 0.000000574. The Bertz CT molecular complexity index is 506. The summed E-state index contributed by atoms with van der Waals surface area (Å²) in [6.07, 6.45) is 5.53. The van der Waals surface area contributed by atoms with Gasteiger partial charge in [0.15, 0.2) is 0 Å². The van der Waals surface area contributed by atoms with Gasteiger partial charge in [0.2, 0.25) is 0 Å². The molecular formula is C13H19FN3P. The standard InChI is InChI=1S/C12H14FN3.CH5P/c13-9-5-11-12(16-6-9)10(7-15-11)8-1-3-14-4-2-8;1-2/h5-8,14-15H,1-4H2;2H2,1H3. The summed E-state index contributed by atoms with van der Waals surface area (Å²) in [6.45, 7) is 4.02. The maximum atomic E-state index is 13.0. The summed E-state index contributed by atoms with van der Waals surface area (Å²) in [5.41, 5.74) is 2.96. The van der Waals surface area contributed by atoms with E-state index in [2.05, 4.69) is 24.5 Å². The molecule has 0 amide bonds. The number of rotatable bonds is 1. The van der Waals surface area contributed by atoms with E-state index in [9.17, 15) is 4.39 Å². The first kappa shape index (κ1) is 13.4. The van der Waals surface area contributed by atoms with Gasteiger partial charge in [-0.1, -0.05) is 6.66 Å². The minimum Gasteiger partial charge on any atom is -0.359 e. The van der Waals surface area contributed by atoms with Crippen LogP contribution in [-0.2, 0) is 0 Å². The van der Waals surface area contributed by atoms with Crippen LogP contribution in [0.3, 0.4) is 0 Å². The minimum absolute atomic E-state index is 0.286. The maximum Gasteiger partial charge on any atom is 0.143 e. The molecule has 5 heteroatoms. The van der Waals surface area contributed by atoms with E-state index in [0.717, 1.165) is 37.0 Å². The molecule has 1 atom stereocenters. The first-order chi connectivity index (χ1) is 8.84. The van der Waals surface area contributed by atoms with Crippen LogP contribution in [0.1, 0.15) is 24.3 Å². The van der Waals surface area contributed by atoms with Gasteiger partial charge < -0.3 is 10.3 Å². The van der Waals surface area contributed by atoms with Crippen LogP contribution in [-0.4, -0.2) is 29.7 Å². The summed E-state index contributed by atoms with van der Waals surface area (Å²) in [4.78, 5) is 7.29. The smallest absolute Gasteiger partial charge is 0.143 e. The van der Waals surface area contributed by atoms with Crippen LogP contribution in [0.25, 0.3) is 11.0 Å². The van der Waals surface area contributed by atoms with Crippen LogP contribution in [0.2, 0.25) is 0 Å². The first-order valence-electron chi connectivity index (χ1n) is 6.25. The van der Waals surface area contributed by atoms with Crippen molar-refractivity contribution in [2.45, 2.75) is 18.8 Å². The molecule has 1 unspecified atom stereocenters. The third-order valence-electron chi connectivity index (χ3n) is 3.29. The van der Waals surface area contributed by atoms with Gasteiger partial charge in [0, 0.05) is 12.3 Å². The third-order valence-corrected chi connectivity index (χ3v) is 3.29. The molecule has 0 spiro atoms. The number of nitrogens with zero attached hydrogens (tertiary/aromatic N) is 1. The highest BCUT2D eigenvalue weighted by atomic mass is 31.0. The molecule has 0 aromatic carbocycles. The lowest BCUT2D eigenvalue weighted by Gasteiger charge is -2.21. The zero-order valence-electron chi connectivity index (χ0n) is 10.5. The van der Waals surface area contributed by atoms with Gasteiger partial charge in [0.25, 0.3) is 0 Å². The second-order valence-corrected chi connectivity index (χ2v) is 4.32. The predicted molar refractivity (Wildman–Crippen MR) is 76.5 cm³/mol. The monoisotopic (exact) mass is 267 g/mol. The van der Waals surface area contributed by atoms with Crippen molar-refractivity contribution >= 4 is 20.3 Å². The molecule has 3 heterocycles. The molecule has 1 aliphatic rings. The lowest BCUT2D eigenvalue weighted by molar-refractivity contribution is 0.462. The van der Waals surface area contributed by atoms with E-state index in [4.69, 9.17) is 0 Å². The molecule has 98 valence electrons. The van der Waals surface area contributed by atoms with E-state index in [1.807, 2.05) is 12.9 Å². The molecule has 0 saturated carbocycles. The Morgan fingerprint density at radius 3 is 2.78 bits per heavy atom. The Morgan fingerprint density at radius 1 is 1.33 bits per heavy atom. The molecule has 2 aromatic rings. The number of nitrogens with one attached hydrogen (secondary N) is 2. The zero-order chi connectivity index (χ0) is 13.0. The highest BCUT2D eigenvalue weighted by Crippen LogP contribution is 2.30. The number of pyridine rings is 1. The van der Waals surface area contributed by atoms with Gasteiger partial charge in [-0.15, -0.1) is 9.24 Å². The molecule has 1 saturated heterocycles. The molecule has 0 radical (unpaired) electrons. The first-order valence-corrected chi connectivity index (χ1v) is 7.41. The van der Waals surface area contributed by atoms with Crippen molar-refractivity contribution < 1.29 is 4.39 Å². The molecule has 0 aliphatic carbocycles. The number of H-pyrrole nitrogens is 1. The number of hydrogen-bond donors (Lipinski definition) is 2. The lowest BCUT2D eigenvalue weighted by atomic mass is 9.91. The van der Waals surface area contributed by atoms with Crippen molar-refractivity contribution in [2.75, 3.05) is 19.8 Å². The SMILES string of the molecule is CP.Fc1cnc2c(C3CCNCC3)c[nH]c2c1. The van der Waals surface area contributed by atoms with E-state index in [0.29, 0.717) is 5.92 Å². The number of aromatic amines is 1. The quantitative estimate of drug-likeness (QED) is 0.780. The molecule has 3 rings (SSSR count). The molecular weight excluding hydrogens is 248 g/mol. The summed E-state index contributed by atoms with van der Waals surface area (Å²) in [5.74, 6) is 0.263. The second kappa shape index (κ2) is 6.26. The van der Waals surface area contributed by atoms with E-state index >= 15 is 0 Å². The second-order valence-electron chi connectivity index (χ2n) is 4.32. The average molecular weight is 267 g/mol. The lowest BCUT2D eigenvalue weighted by Crippen LogP contribution is -2.26. The van der Waals surface area contributed by atoms with Crippen LogP contribution in [0.5, 0.6) is 0 Å². The Kier molecular flexibility index (Phi) is 4.67. The molecule has 18 heavy (non-hydrogen) atoms. The minimum atomic E-state index is -0.286. The van der Waals surface area contributed by atoms with Crippen LogP contribution < -0.4 is 5.32 Å². The number of fused-ring (bicyclic) bond motifs is 1. The summed E-state index contributed by atoms with van der Waals surface area (Å²) in [5, 5.41) is 3.34. The Hall–Kier alpha value is -0.990. The summed E-state index contributed by atoms with van der Waals surface area (Å²) >= 11 is 0. The fourth-order valence-corrected chi connectivity index (χ4v) is 2.45. The highest BCUT2D eigenvalue weighted by molar-refractivity contribution is 7.15. The summed E-state index contributed by atoms with van der Waals surface area (Å²) in [6, 6.07) is 1.51. The van der Waals surface area contributed by atoms with Crippen LogP contribution in [0.15, 0.2) is 18.5 Å². The number of halogens is 1. The van der Waals surface area contributed by atoms with Crippen LogP contribution >= 0.6 is 9.24 Å². The summed E-state index contributed by atoms with van der Waals surface area (Å²) < 4.78 is 13.0. The van der Waals surface area contributed by atoms with Gasteiger partial charge in [0.1, 0.15) is 5.82 Å². The van der Waals surface area contributed by atoms with Crippen molar-refractivity contribution in [3.05, 3.63) is 29.8 Å².